The van der Waals surface area contributed by atoms with Crippen molar-refractivity contribution in [2.75, 3.05) is 11.9 Å². The molecule has 34 heavy (non-hydrogen) atoms. The Hall–Kier alpha value is -4.20. The zero-order chi connectivity index (χ0) is 24.3. The highest BCUT2D eigenvalue weighted by Crippen LogP contribution is 2.29. The zero-order valence-corrected chi connectivity index (χ0v) is 19.0. The van der Waals surface area contributed by atoms with Crippen molar-refractivity contribution in [3.63, 3.8) is 0 Å². The van der Waals surface area contributed by atoms with Crippen molar-refractivity contribution in [3.05, 3.63) is 89.7 Å². The number of nitrogens with one attached hydrogen (secondary N) is 2. The van der Waals surface area contributed by atoms with E-state index in [4.69, 9.17) is 9.47 Å². The highest BCUT2D eigenvalue weighted by Gasteiger charge is 2.22. The summed E-state index contributed by atoms with van der Waals surface area (Å²) in [5.74, 6) is -1.79. The van der Waals surface area contributed by atoms with Crippen molar-refractivity contribution in [2.45, 2.75) is 20.5 Å². The molecule has 3 aromatic rings. The maximum atomic E-state index is 13.7. The van der Waals surface area contributed by atoms with Crippen LogP contribution in [0.5, 0.6) is 11.5 Å². The van der Waals surface area contributed by atoms with Crippen molar-refractivity contribution in [1.29, 1.82) is 0 Å². The number of benzene rings is 3. The Morgan fingerprint density at radius 3 is 2.44 bits per heavy atom. The van der Waals surface area contributed by atoms with E-state index in [9.17, 15) is 14.0 Å². The summed E-state index contributed by atoms with van der Waals surface area (Å²) in [4.78, 5) is 24.5. The van der Waals surface area contributed by atoms with Gasteiger partial charge in [0.1, 0.15) is 18.3 Å². The Labute approximate surface area is 197 Å². The van der Waals surface area contributed by atoms with Crippen molar-refractivity contribution < 1.29 is 23.5 Å². The smallest absolute Gasteiger partial charge is 0.252 e. The number of rotatable bonds is 10. The van der Waals surface area contributed by atoms with Gasteiger partial charge in [-0.15, -0.1) is 0 Å². The molecule has 1 unspecified atom stereocenters. The van der Waals surface area contributed by atoms with Crippen LogP contribution in [0.15, 0.2) is 77.9 Å². The Morgan fingerprint density at radius 1 is 0.971 bits per heavy atom. The predicted molar refractivity (Wildman–Crippen MR) is 128 cm³/mol. The van der Waals surface area contributed by atoms with Crippen LogP contribution >= 0.6 is 0 Å². The van der Waals surface area contributed by atoms with Gasteiger partial charge in [-0.25, -0.2) is 9.82 Å². The summed E-state index contributed by atoms with van der Waals surface area (Å²) in [6.45, 7) is 4.13. The first-order chi connectivity index (χ1) is 16.5. The van der Waals surface area contributed by atoms with Crippen molar-refractivity contribution in [1.82, 2.24) is 5.43 Å². The molecule has 0 saturated carbocycles. The lowest BCUT2D eigenvalue weighted by atomic mass is 10.1. The largest absolute Gasteiger partial charge is 0.490 e. The van der Waals surface area contributed by atoms with E-state index in [0.717, 1.165) is 5.56 Å². The molecule has 0 saturated heterocycles. The fourth-order valence-electron chi connectivity index (χ4n) is 2.92. The van der Waals surface area contributed by atoms with Crippen molar-refractivity contribution in [3.8, 4) is 11.5 Å². The van der Waals surface area contributed by atoms with E-state index in [1.54, 1.807) is 24.3 Å². The van der Waals surface area contributed by atoms with E-state index in [2.05, 4.69) is 15.8 Å². The number of nitrogens with zero attached hydrogens (tertiary/aromatic N) is 1. The Balaban J connectivity index is 1.58. The van der Waals surface area contributed by atoms with E-state index < -0.39 is 23.5 Å². The van der Waals surface area contributed by atoms with Gasteiger partial charge in [-0.1, -0.05) is 42.5 Å². The van der Waals surface area contributed by atoms with E-state index in [0.29, 0.717) is 30.3 Å². The Morgan fingerprint density at radius 2 is 1.71 bits per heavy atom. The van der Waals surface area contributed by atoms with Gasteiger partial charge in [0.2, 0.25) is 5.91 Å². The van der Waals surface area contributed by atoms with Crippen LogP contribution in [0.4, 0.5) is 10.1 Å². The van der Waals surface area contributed by atoms with Crippen LogP contribution in [0.1, 0.15) is 25.0 Å². The first-order valence-corrected chi connectivity index (χ1v) is 10.8. The van der Waals surface area contributed by atoms with Gasteiger partial charge in [0.15, 0.2) is 11.5 Å². The molecule has 0 aliphatic rings. The van der Waals surface area contributed by atoms with Crippen LogP contribution < -0.4 is 20.2 Å². The second-order valence-electron chi connectivity index (χ2n) is 7.34. The highest BCUT2D eigenvalue weighted by atomic mass is 19.1. The summed E-state index contributed by atoms with van der Waals surface area (Å²) in [6, 6.07) is 20.8. The molecule has 0 spiro atoms. The second kappa shape index (κ2) is 12.2. The van der Waals surface area contributed by atoms with Gasteiger partial charge in [0, 0.05) is 0 Å². The number of hydrazone groups is 1. The molecule has 2 amide bonds. The average Bonchev–Trinajstić information content (AvgIpc) is 2.85. The summed E-state index contributed by atoms with van der Waals surface area (Å²) >= 11 is 0. The Kier molecular flexibility index (Phi) is 8.73. The van der Waals surface area contributed by atoms with Crippen LogP contribution in [0.3, 0.4) is 0 Å². The lowest BCUT2D eigenvalue weighted by molar-refractivity contribution is -0.131. The molecule has 0 fully saturated rings. The molecular formula is C26H26FN3O4. The van der Waals surface area contributed by atoms with E-state index in [1.807, 2.05) is 37.3 Å². The average molecular weight is 464 g/mol. The van der Waals surface area contributed by atoms with E-state index in [1.165, 1.54) is 31.3 Å². The molecule has 176 valence electrons. The van der Waals surface area contributed by atoms with Crippen LogP contribution in [-0.4, -0.2) is 24.6 Å². The first-order valence-electron chi connectivity index (χ1n) is 10.8. The fourth-order valence-corrected chi connectivity index (χ4v) is 2.92. The van der Waals surface area contributed by atoms with E-state index in [-0.39, 0.29) is 5.69 Å². The normalized spacial score (nSPS) is 11.6. The predicted octanol–water partition coefficient (Wildman–Crippen LogP) is 4.53. The van der Waals surface area contributed by atoms with Crippen LogP contribution in [0.25, 0.3) is 0 Å². The maximum absolute atomic E-state index is 13.7. The third-order valence-corrected chi connectivity index (χ3v) is 4.81. The summed E-state index contributed by atoms with van der Waals surface area (Å²) in [5.41, 5.74) is 4.04. The minimum atomic E-state index is -1.08. The summed E-state index contributed by atoms with van der Waals surface area (Å²) < 4.78 is 25.2. The van der Waals surface area contributed by atoms with Gasteiger partial charge in [-0.3, -0.25) is 9.59 Å². The molecule has 3 rings (SSSR count). The lowest BCUT2D eigenvalue weighted by Crippen LogP contribution is -2.34. The number of anilines is 1. The molecule has 0 aliphatic carbocycles. The molecule has 7 nitrogen and oxygen atoms in total. The minimum Gasteiger partial charge on any atom is -0.490 e. The third kappa shape index (κ3) is 6.90. The Bertz CT molecular complexity index is 1150. The number of amides is 2. The number of carbonyl (C=O) groups excluding carboxylic acids is 2. The lowest BCUT2D eigenvalue weighted by Gasteiger charge is -2.13. The molecule has 0 heterocycles. The quantitative estimate of drug-likeness (QED) is 0.263. The zero-order valence-electron chi connectivity index (χ0n) is 19.0. The molecule has 2 N–H and O–H groups in total. The third-order valence-electron chi connectivity index (χ3n) is 4.81. The summed E-state index contributed by atoms with van der Waals surface area (Å²) in [5, 5.41) is 6.31. The van der Waals surface area contributed by atoms with Gasteiger partial charge in [0.05, 0.1) is 18.5 Å². The molecule has 0 bridgehead atoms. The number of ether oxygens (including phenoxy) is 2. The maximum Gasteiger partial charge on any atom is 0.252 e. The van der Waals surface area contributed by atoms with Crippen LogP contribution in [0.2, 0.25) is 0 Å². The summed E-state index contributed by atoms with van der Waals surface area (Å²) in [7, 11) is 0. The van der Waals surface area contributed by atoms with Crippen LogP contribution in [0, 0.1) is 11.7 Å². The summed E-state index contributed by atoms with van der Waals surface area (Å²) in [6.07, 6.45) is 1.43. The molecule has 8 heteroatoms. The number of para-hydroxylation sites is 1. The fraction of sp³-hybridized carbons (Fsp3) is 0.192. The molecule has 0 aromatic heterocycles. The van der Waals surface area contributed by atoms with Gasteiger partial charge in [-0.2, -0.15) is 5.10 Å². The number of carbonyl (C=O) groups is 2. The molecule has 1 atom stereocenters. The molecule has 0 aliphatic heterocycles. The second-order valence-corrected chi connectivity index (χ2v) is 7.34. The number of hydrogen-bond acceptors (Lipinski definition) is 5. The number of hydrogen-bond donors (Lipinski definition) is 2. The molecular weight excluding hydrogens is 437 g/mol. The standard InChI is InChI=1S/C26H26FN3O4/c1-3-33-24-15-20(13-14-23(24)34-17-19-9-5-4-6-10-19)16-28-30-26(32)18(2)25(31)29-22-12-8-7-11-21(22)27/h4-16,18H,3,17H2,1-2H3,(H,29,31)(H,30,32). The van der Waals surface area contributed by atoms with Gasteiger partial charge in [-0.05, 0) is 55.3 Å². The molecule has 3 aromatic carbocycles. The van der Waals surface area contributed by atoms with Crippen molar-refractivity contribution >= 4 is 23.7 Å². The first kappa shape index (κ1) is 24.4. The van der Waals surface area contributed by atoms with Crippen molar-refractivity contribution in [2.24, 2.45) is 11.0 Å². The topological polar surface area (TPSA) is 89.0 Å². The SMILES string of the molecule is CCOc1cc(C=NNC(=O)C(C)C(=O)Nc2ccccc2F)ccc1OCc1ccccc1. The highest BCUT2D eigenvalue weighted by molar-refractivity contribution is 6.06. The van der Waals surface area contributed by atoms with Gasteiger partial charge < -0.3 is 14.8 Å². The monoisotopic (exact) mass is 463 g/mol. The minimum absolute atomic E-state index is 0.00804. The van der Waals surface area contributed by atoms with Crippen LogP contribution in [-0.2, 0) is 16.2 Å². The van der Waals surface area contributed by atoms with Gasteiger partial charge >= 0.3 is 0 Å². The van der Waals surface area contributed by atoms with Gasteiger partial charge in [0.25, 0.3) is 5.91 Å². The van der Waals surface area contributed by atoms with E-state index >= 15 is 0 Å². The molecule has 0 radical (unpaired) electrons. The number of halogens is 1.